The number of hydrogen-bond acceptors (Lipinski definition) is 3. The van der Waals surface area contributed by atoms with Gasteiger partial charge in [-0.3, -0.25) is 4.79 Å². The van der Waals surface area contributed by atoms with Gasteiger partial charge in [-0.15, -0.1) is 0 Å². The van der Waals surface area contributed by atoms with Crippen LogP contribution >= 0.6 is 23.2 Å². The van der Waals surface area contributed by atoms with E-state index in [-0.39, 0.29) is 21.5 Å². The van der Waals surface area contributed by atoms with Crippen molar-refractivity contribution in [2.75, 3.05) is 18.8 Å². The van der Waals surface area contributed by atoms with Gasteiger partial charge in [0.2, 0.25) is 0 Å². The molecule has 1 aromatic rings. The number of halogens is 2. The van der Waals surface area contributed by atoms with E-state index in [9.17, 15) is 9.90 Å². The summed E-state index contributed by atoms with van der Waals surface area (Å²) >= 11 is 11.9. The third-order valence-electron chi connectivity index (χ3n) is 2.96. The van der Waals surface area contributed by atoms with Crippen LogP contribution in [0.2, 0.25) is 10.0 Å². The van der Waals surface area contributed by atoms with Crippen molar-refractivity contribution in [2.45, 2.75) is 18.9 Å². The highest BCUT2D eigenvalue weighted by molar-refractivity contribution is 6.44. The largest absolute Gasteiger partial charge is 0.399 e. The topological polar surface area (TPSA) is 66.6 Å². The zero-order valence-corrected chi connectivity index (χ0v) is 11.2. The molecule has 0 bridgehead atoms. The van der Waals surface area contributed by atoms with Gasteiger partial charge in [-0.2, -0.15) is 0 Å². The van der Waals surface area contributed by atoms with Crippen LogP contribution in [0.1, 0.15) is 23.2 Å². The van der Waals surface area contributed by atoms with E-state index in [1.165, 1.54) is 12.1 Å². The summed E-state index contributed by atoms with van der Waals surface area (Å²) < 4.78 is 0. The van der Waals surface area contributed by atoms with Gasteiger partial charge >= 0.3 is 0 Å². The number of likely N-dealkylation sites (tertiary alicyclic amines) is 1. The molecule has 1 atom stereocenters. The molecule has 0 unspecified atom stereocenters. The number of rotatable bonds is 1. The number of benzene rings is 1. The number of nitrogens with zero attached hydrogens (tertiary/aromatic N) is 1. The minimum absolute atomic E-state index is 0.205. The number of amides is 1. The molecule has 98 valence electrons. The van der Waals surface area contributed by atoms with Crippen molar-refractivity contribution in [3.8, 4) is 0 Å². The quantitative estimate of drug-likeness (QED) is 0.779. The molecule has 0 spiro atoms. The average molecular weight is 289 g/mol. The summed E-state index contributed by atoms with van der Waals surface area (Å²) in [6.45, 7) is 0.931. The van der Waals surface area contributed by atoms with E-state index in [4.69, 9.17) is 28.9 Å². The van der Waals surface area contributed by atoms with E-state index in [0.717, 1.165) is 12.8 Å². The predicted molar refractivity (Wildman–Crippen MR) is 72.0 cm³/mol. The molecule has 0 saturated carbocycles. The Morgan fingerprint density at radius 1 is 1.44 bits per heavy atom. The van der Waals surface area contributed by atoms with Crippen molar-refractivity contribution >= 4 is 34.8 Å². The molecule has 0 aliphatic carbocycles. The molecule has 6 heteroatoms. The van der Waals surface area contributed by atoms with Gasteiger partial charge in [0.25, 0.3) is 5.91 Å². The molecule has 1 aromatic carbocycles. The molecule has 1 heterocycles. The first kappa shape index (κ1) is 13.5. The Hall–Kier alpha value is -0.970. The van der Waals surface area contributed by atoms with Gasteiger partial charge in [0.1, 0.15) is 0 Å². The van der Waals surface area contributed by atoms with Crippen LogP contribution in [0, 0.1) is 0 Å². The number of aliphatic hydroxyl groups excluding tert-OH is 1. The number of piperidine rings is 1. The van der Waals surface area contributed by atoms with Gasteiger partial charge in [-0.05, 0) is 25.0 Å². The van der Waals surface area contributed by atoms with E-state index in [2.05, 4.69) is 0 Å². The number of hydrogen-bond donors (Lipinski definition) is 2. The Balaban J connectivity index is 2.28. The highest BCUT2D eigenvalue weighted by Crippen LogP contribution is 2.30. The highest BCUT2D eigenvalue weighted by Gasteiger charge is 2.25. The molecule has 0 radical (unpaired) electrons. The van der Waals surface area contributed by atoms with Crippen molar-refractivity contribution < 1.29 is 9.90 Å². The Morgan fingerprint density at radius 2 is 2.17 bits per heavy atom. The van der Waals surface area contributed by atoms with Gasteiger partial charge in [-0.25, -0.2) is 0 Å². The number of aliphatic hydroxyl groups is 1. The lowest BCUT2D eigenvalue weighted by Crippen LogP contribution is -2.42. The number of carbonyl (C=O) groups excluding carboxylic acids is 1. The molecule has 0 aromatic heterocycles. The third kappa shape index (κ3) is 2.71. The maximum atomic E-state index is 12.3. The van der Waals surface area contributed by atoms with E-state index >= 15 is 0 Å². The van der Waals surface area contributed by atoms with Crippen molar-refractivity contribution in [1.29, 1.82) is 0 Å². The molecule has 3 N–H and O–H groups in total. The summed E-state index contributed by atoms with van der Waals surface area (Å²) in [7, 11) is 0. The lowest BCUT2D eigenvalue weighted by atomic mass is 10.1. The monoisotopic (exact) mass is 288 g/mol. The van der Waals surface area contributed by atoms with Crippen molar-refractivity contribution in [3.63, 3.8) is 0 Å². The maximum Gasteiger partial charge on any atom is 0.255 e. The van der Waals surface area contributed by atoms with Gasteiger partial charge in [0, 0.05) is 18.8 Å². The van der Waals surface area contributed by atoms with Crippen LogP contribution in [0.3, 0.4) is 0 Å². The zero-order chi connectivity index (χ0) is 13.3. The zero-order valence-electron chi connectivity index (χ0n) is 9.70. The highest BCUT2D eigenvalue weighted by atomic mass is 35.5. The van der Waals surface area contributed by atoms with Crippen molar-refractivity contribution in [1.82, 2.24) is 4.90 Å². The molecule has 1 fully saturated rings. The Bertz CT molecular complexity index is 479. The maximum absolute atomic E-state index is 12.3. The average Bonchev–Trinajstić information content (AvgIpc) is 2.33. The molecule has 18 heavy (non-hydrogen) atoms. The molecular formula is C12H14Cl2N2O2. The predicted octanol–water partition coefficient (Wildman–Crippen LogP) is 2.17. The van der Waals surface area contributed by atoms with Gasteiger partial charge in [-0.1, -0.05) is 23.2 Å². The molecule has 2 rings (SSSR count). The van der Waals surface area contributed by atoms with Gasteiger partial charge in [0.05, 0.1) is 21.7 Å². The van der Waals surface area contributed by atoms with E-state index in [0.29, 0.717) is 18.8 Å². The van der Waals surface area contributed by atoms with Gasteiger partial charge in [0.15, 0.2) is 0 Å². The summed E-state index contributed by atoms with van der Waals surface area (Å²) in [6.07, 6.45) is 1.02. The number of nitrogens with two attached hydrogens (primary N) is 1. The smallest absolute Gasteiger partial charge is 0.255 e. The van der Waals surface area contributed by atoms with Crippen molar-refractivity contribution in [3.05, 3.63) is 27.7 Å². The standard InChI is InChI=1S/C12H14Cl2N2O2/c13-10-5-7(15)4-9(11(10)14)12(18)16-3-1-2-8(17)6-16/h4-5,8,17H,1-3,6,15H2/t8-/m0/s1. The van der Waals surface area contributed by atoms with Crippen LogP contribution in [0.5, 0.6) is 0 Å². The first-order valence-corrected chi connectivity index (χ1v) is 6.46. The normalized spacial score (nSPS) is 19.9. The lowest BCUT2D eigenvalue weighted by molar-refractivity contribution is 0.0474. The van der Waals surface area contributed by atoms with Crippen LogP contribution in [-0.2, 0) is 0 Å². The second-order valence-corrected chi connectivity index (χ2v) is 5.20. The minimum atomic E-state index is -0.474. The molecule has 1 amide bonds. The molecule has 1 saturated heterocycles. The third-order valence-corrected chi connectivity index (χ3v) is 3.77. The molecular weight excluding hydrogens is 275 g/mol. The first-order valence-electron chi connectivity index (χ1n) is 5.71. The fraction of sp³-hybridized carbons (Fsp3) is 0.417. The van der Waals surface area contributed by atoms with Crippen molar-refractivity contribution in [2.24, 2.45) is 0 Å². The summed E-state index contributed by atoms with van der Waals surface area (Å²) in [4.78, 5) is 13.9. The summed E-state index contributed by atoms with van der Waals surface area (Å²) in [5, 5.41) is 10.0. The van der Waals surface area contributed by atoms with Gasteiger partial charge < -0.3 is 15.7 Å². The van der Waals surface area contributed by atoms with Crippen LogP contribution < -0.4 is 5.73 Å². The number of carbonyl (C=O) groups is 1. The molecule has 1 aliphatic rings. The Morgan fingerprint density at radius 3 is 2.83 bits per heavy atom. The summed E-state index contributed by atoms with van der Waals surface area (Å²) in [5.74, 6) is -0.243. The van der Waals surface area contributed by atoms with Crippen LogP contribution in [-0.4, -0.2) is 35.1 Å². The Kier molecular flexibility index (Phi) is 4.00. The molecule has 4 nitrogen and oxygen atoms in total. The fourth-order valence-electron chi connectivity index (χ4n) is 2.08. The SMILES string of the molecule is Nc1cc(Cl)c(Cl)c(C(=O)N2CCC[C@H](O)C2)c1. The second kappa shape index (κ2) is 5.34. The van der Waals surface area contributed by atoms with E-state index in [1.54, 1.807) is 4.90 Å². The van der Waals surface area contributed by atoms with Crippen LogP contribution in [0.4, 0.5) is 5.69 Å². The fourth-order valence-corrected chi connectivity index (χ4v) is 2.49. The van der Waals surface area contributed by atoms with E-state index < -0.39 is 6.10 Å². The number of β-amino-alcohol motifs (C(OH)–C–C–N with tert-alkyl or cyclic N) is 1. The number of anilines is 1. The lowest BCUT2D eigenvalue weighted by Gasteiger charge is -2.30. The first-order chi connectivity index (χ1) is 8.49. The molecule has 1 aliphatic heterocycles. The van der Waals surface area contributed by atoms with Crippen LogP contribution in [0.15, 0.2) is 12.1 Å². The minimum Gasteiger partial charge on any atom is -0.399 e. The Labute approximate surface area is 115 Å². The summed E-state index contributed by atoms with van der Waals surface area (Å²) in [6, 6.07) is 3.02. The second-order valence-electron chi connectivity index (χ2n) is 4.41. The number of nitrogen functional groups attached to an aromatic ring is 1. The summed E-state index contributed by atoms with van der Waals surface area (Å²) in [5.41, 5.74) is 6.34. The van der Waals surface area contributed by atoms with Crippen LogP contribution in [0.25, 0.3) is 0 Å². The van der Waals surface area contributed by atoms with E-state index in [1.807, 2.05) is 0 Å².